The third kappa shape index (κ3) is 4.26. The molecule has 0 fully saturated rings. The van der Waals surface area contributed by atoms with Crippen molar-refractivity contribution in [1.29, 1.82) is 0 Å². The summed E-state index contributed by atoms with van der Waals surface area (Å²) in [5.74, 6) is 0.607. The molecule has 5 nitrogen and oxygen atoms in total. The average Bonchev–Trinajstić information content (AvgIpc) is 2.59. The van der Waals surface area contributed by atoms with Gasteiger partial charge in [-0.15, -0.1) is 11.6 Å². The van der Waals surface area contributed by atoms with E-state index in [1.165, 1.54) is 0 Å². The zero-order valence-electron chi connectivity index (χ0n) is 11.0. The molecule has 0 aromatic carbocycles. The van der Waals surface area contributed by atoms with Crippen molar-refractivity contribution in [3.05, 3.63) is 17.5 Å². The molecule has 7 heteroatoms. The Kier molecular flexibility index (Phi) is 5.62. The maximum absolute atomic E-state index is 11.8. The SMILES string of the molecule is Cc1c(C(C)NS(=O)(=O)CCCCCl)cnn1C. The van der Waals surface area contributed by atoms with Crippen LogP contribution in [0.15, 0.2) is 6.20 Å². The predicted molar refractivity (Wildman–Crippen MR) is 73.2 cm³/mol. The minimum atomic E-state index is -3.25. The number of alkyl halides is 1. The van der Waals surface area contributed by atoms with Crippen molar-refractivity contribution in [2.75, 3.05) is 11.6 Å². The Morgan fingerprint density at radius 2 is 2.17 bits per heavy atom. The van der Waals surface area contributed by atoms with Gasteiger partial charge in [0.1, 0.15) is 0 Å². The monoisotopic (exact) mass is 293 g/mol. The summed E-state index contributed by atoms with van der Waals surface area (Å²) in [6, 6.07) is -0.264. The summed E-state index contributed by atoms with van der Waals surface area (Å²) >= 11 is 5.53. The van der Waals surface area contributed by atoms with Gasteiger partial charge in [-0.2, -0.15) is 5.10 Å². The van der Waals surface area contributed by atoms with Crippen LogP contribution in [0.4, 0.5) is 0 Å². The van der Waals surface area contributed by atoms with Crippen LogP contribution in [-0.2, 0) is 17.1 Å². The molecule has 0 spiro atoms. The molecule has 104 valence electrons. The molecule has 0 aliphatic rings. The van der Waals surface area contributed by atoms with Crippen molar-refractivity contribution >= 4 is 21.6 Å². The normalized spacial score (nSPS) is 13.8. The van der Waals surface area contributed by atoms with Gasteiger partial charge in [-0.05, 0) is 26.7 Å². The molecule has 1 aromatic heterocycles. The molecule has 0 saturated carbocycles. The second kappa shape index (κ2) is 6.54. The van der Waals surface area contributed by atoms with Gasteiger partial charge in [0.05, 0.1) is 11.9 Å². The van der Waals surface area contributed by atoms with E-state index in [4.69, 9.17) is 11.6 Å². The average molecular weight is 294 g/mol. The fourth-order valence-corrected chi connectivity index (χ4v) is 3.28. The van der Waals surface area contributed by atoms with Crippen LogP contribution in [0, 0.1) is 6.92 Å². The van der Waals surface area contributed by atoms with Gasteiger partial charge < -0.3 is 0 Å². The van der Waals surface area contributed by atoms with Gasteiger partial charge in [0.25, 0.3) is 0 Å². The first-order chi connectivity index (χ1) is 8.37. The Hall–Kier alpha value is -0.590. The van der Waals surface area contributed by atoms with Gasteiger partial charge >= 0.3 is 0 Å². The van der Waals surface area contributed by atoms with Gasteiger partial charge in [-0.3, -0.25) is 4.68 Å². The van der Waals surface area contributed by atoms with Gasteiger partial charge in [0, 0.05) is 30.2 Å². The highest BCUT2D eigenvalue weighted by atomic mass is 35.5. The zero-order chi connectivity index (χ0) is 13.8. The highest BCUT2D eigenvalue weighted by Gasteiger charge is 2.18. The first-order valence-electron chi connectivity index (χ1n) is 5.92. The van der Waals surface area contributed by atoms with Crippen molar-refractivity contribution < 1.29 is 8.42 Å². The molecule has 0 radical (unpaired) electrons. The number of hydrogen-bond acceptors (Lipinski definition) is 3. The molecule has 1 unspecified atom stereocenters. The van der Waals surface area contributed by atoms with E-state index in [0.29, 0.717) is 18.7 Å². The van der Waals surface area contributed by atoms with E-state index in [9.17, 15) is 8.42 Å². The van der Waals surface area contributed by atoms with Gasteiger partial charge in [-0.1, -0.05) is 0 Å². The number of sulfonamides is 1. The van der Waals surface area contributed by atoms with Crippen LogP contribution in [0.25, 0.3) is 0 Å². The van der Waals surface area contributed by atoms with Crippen molar-refractivity contribution in [2.45, 2.75) is 32.7 Å². The van der Waals surface area contributed by atoms with E-state index in [-0.39, 0.29) is 11.8 Å². The quantitative estimate of drug-likeness (QED) is 0.615. The number of halogens is 1. The molecule has 1 N–H and O–H groups in total. The van der Waals surface area contributed by atoms with E-state index in [1.54, 1.807) is 10.9 Å². The number of nitrogens with zero attached hydrogens (tertiary/aromatic N) is 2. The van der Waals surface area contributed by atoms with E-state index in [2.05, 4.69) is 9.82 Å². The number of rotatable bonds is 7. The number of nitrogens with one attached hydrogen (secondary N) is 1. The standard InChI is InChI=1S/C11H20ClN3O2S/c1-9(11-8-13-15(3)10(11)2)14-18(16,17)7-5-4-6-12/h8-9,14H,4-7H2,1-3H3. The fourth-order valence-electron chi connectivity index (χ4n) is 1.72. The van der Waals surface area contributed by atoms with Gasteiger partial charge in [0.2, 0.25) is 10.0 Å². The molecule has 0 saturated heterocycles. The fraction of sp³-hybridized carbons (Fsp3) is 0.727. The van der Waals surface area contributed by atoms with Gasteiger partial charge in [-0.25, -0.2) is 13.1 Å². The third-order valence-electron chi connectivity index (χ3n) is 2.89. The summed E-state index contributed by atoms with van der Waals surface area (Å²) in [6.07, 6.45) is 2.99. The van der Waals surface area contributed by atoms with Crippen LogP contribution in [0.5, 0.6) is 0 Å². The first-order valence-corrected chi connectivity index (χ1v) is 8.10. The van der Waals surface area contributed by atoms with Crippen LogP contribution in [0.2, 0.25) is 0 Å². The molecular weight excluding hydrogens is 274 g/mol. The molecule has 0 aliphatic heterocycles. The summed E-state index contributed by atoms with van der Waals surface area (Å²) in [7, 11) is -1.42. The minimum absolute atomic E-state index is 0.114. The lowest BCUT2D eigenvalue weighted by atomic mass is 10.1. The lowest BCUT2D eigenvalue weighted by molar-refractivity contribution is 0.563. The number of unbranched alkanes of at least 4 members (excludes halogenated alkanes) is 1. The van der Waals surface area contributed by atoms with Crippen molar-refractivity contribution in [2.24, 2.45) is 7.05 Å². The van der Waals surface area contributed by atoms with E-state index in [0.717, 1.165) is 11.3 Å². The Morgan fingerprint density at radius 1 is 1.50 bits per heavy atom. The third-order valence-corrected chi connectivity index (χ3v) is 4.70. The lowest BCUT2D eigenvalue weighted by Gasteiger charge is -2.13. The minimum Gasteiger partial charge on any atom is -0.273 e. The van der Waals surface area contributed by atoms with E-state index >= 15 is 0 Å². The number of aromatic nitrogens is 2. The van der Waals surface area contributed by atoms with Crippen LogP contribution in [0.3, 0.4) is 0 Å². The second-order valence-electron chi connectivity index (χ2n) is 4.36. The first kappa shape index (κ1) is 15.5. The predicted octanol–water partition coefficient (Wildman–Crippen LogP) is 1.73. The molecule has 0 bridgehead atoms. The van der Waals surface area contributed by atoms with Crippen molar-refractivity contribution in [1.82, 2.24) is 14.5 Å². The molecule has 18 heavy (non-hydrogen) atoms. The topological polar surface area (TPSA) is 64.0 Å². The van der Waals surface area contributed by atoms with Gasteiger partial charge in [0.15, 0.2) is 0 Å². The zero-order valence-corrected chi connectivity index (χ0v) is 12.6. The maximum atomic E-state index is 11.8. The van der Waals surface area contributed by atoms with Crippen LogP contribution < -0.4 is 4.72 Å². The Morgan fingerprint density at radius 3 is 2.67 bits per heavy atom. The number of aryl methyl sites for hydroxylation is 1. The molecule has 1 heterocycles. The summed E-state index contributed by atoms with van der Waals surface area (Å²) in [5.41, 5.74) is 1.87. The summed E-state index contributed by atoms with van der Waals surface area (Å²) < 4.78 is 28.0. The number of hydrogen-bond donors (Lipinski definition) is 1. The molecule has 1 atom stereocenters. The summed E-state index contributed by atoms with van der Waals surface area (Å²) in [4.78, 5) is 0. The molecule has 0 amide bonds. The summed E-state index contributed by atoms with van der Waals surface area (Å²) in [5, 5.41) is 4.11. The van der Waals surface area contributed by atoms with E-state index < -0.39 is 10.0 Å². The Labute approximate surface area is 114 Å². The molecular formula is C11H20ClN3O2S. The van der Waals surface area contributed by atoms with Crippen LogP contribution in [0.1, 0.15) is 37.1 Å². The van der Waals surface area contributed by atoms with Crippen LogP contribution >= 0.6 is 11.6 Å². The van der Waals surface area contributed by atoms with E-state index in [1.807, 2.05) is 20.9 Å². The largest absolute Gasteiger partial charge is 0.273 e. The maximum Gasteiger partial charge on any atom is 0.212 e. The smallest absolute Gasteiger partial charge is 0.212 e. The summed E-state index contributed by atoms with van der Waals surface area (Å²) in [6.45, 7) is 3.74. The van der Waals surface area contributed by atoms with Crippen molar-refractivity contribution in [3.8, 4) is 0 Å². The highest BCUT2D eigenvalue weighted by Crippen LogP contribution is 2.17. The lowest BCUT2D eigenvalue weighted by Crippen LogP contribution is -2.29. The Balaban J connectivity index is 2.64. The molecule has 1 aromatic rings. The second-order valence-corrected chi connectivity index (χ2v) is 6.61. The Bertz CT molecular complexity index is 484. The molecule has 1 rings (SSSR count). The highest BCUT2D eigenvalue weighted by molar-refractivity contribution is 7.89. The van der Waals surface area contributed by atoms with Crippen LogP contribution in [-0.4, -0.2) is 29.8 Å². The van der Waals surface area contributed by atoms with Crippen molar-refractivity contribution in [3.63, 3.8) is 0 Å². The molecule has 0 aliphatic carbocycles.